The molecule has 0 spiro atoms. The van der Waals surface area contributed by atoms with E-state index in [-0.39, 0.29) is 12.5 Å². The molecule has 36 heavy (non-hydrogen) atoms. The molecular formula is C27H31FN6O2. The normalized spacial score (nSPS) is 15.1. The number of nitrogens with one attached hydrogen (secondary N) is 1. The Morgan fingerprint density at radius 2 is 2.00 bits per heavy atom. The Kier molecular flexibility index (Phi) is 7.36. The number of amides is 1. The van der Waals surface area contributed by atoms with Gasteiger partial charge in [-0.1, -0.05) is 6.07 Å². The van der Waals surface area contributed by atoms with Crippen LogP contribution < -0.4 is 15.0 Å². The fourth-order valence-electron chi connectivity index (χ4n) is 4.82. The number of hydrogen-bond donors (Lipinski definition) is 1. The number of aromatic nitrogens is 3. The quantitative estimate of drug-likeness (QED) is 0.490. The summed E-state index contributed by atoms with van der Waals surface area (Å²) < 4.78 is 19.5. The van der Waals surface area contributed by atoms with Crippen molar-refractivity contribution in [3.05, 3.63) is 59.7 Å². The second kappa shape index (κ2) is 11.0. The van der Waals surface area contributed by atoms with Gasteiger partial charge < -0.3 is 15.0 Å². The number of pyridine rings is 1. The molecule has 0 saturated carbocycles. The molecule has 188 valence electrons. The third kappa shape index (κ3) is 5.79. The lowest BCUT2D eigenvalue weighted by atomic mass is 10.2. The molecule has 0 unspecified atom stereocenters. The van der Waals surface area contributed by atoms with Crippen LogP contribution in [0.2, 0.25) is 0 Å². The molecular weight excluding hydrogens is 459 g/mol. The first-order chi connectivity index (χ1) is 17.5. The summed E-state index contributed by atoms with van der Waals surface area (Å²) in [5, 5.41) is 2.75. The van der Waals surface area contributed by atoms with Crippen molar-refractivity contribution in [2.45, 2.75) is 32.1 Å². The second-order valence-electron chi connectivity index (χ2n) is 9.34. The summed E-state index contributed by atoms with van der Waals surface area (Å²) in [6, 6.07) is 9.59. The van der Waals surface area contributed by atoms with Crippen molar-refractivity contribution in [1.82, 2.24) is 19.9 Å². The van der Waals surface area contributed by atoms with Gasteiger partial charge in [0.25, 0.3) is 0 Å². The Morgan fingerprint density at radius 3 is 2.83 bits per heavy atom. The van der Waals surface area contributed by atoms with E-state index in [1.807, 2.05) is 24.1 Å². The van der Waals surface area contributed by atoms with Crippen LogP contribution in [0.25, 0.3) is 11.5 Å². The molecule has 0 bridgehead atoms. The average Bonchev–Trinajstić information content (AvgIpc) is 3.55. The molecule has 0 radical (unpaired) electrons. The molecule has 1 N–H and O–H groups in total. The fourth-order valence-corrected chi connectivity index (χ4v) is 4.82. The smallest absolute Gasteiger partial charge is 0.243 e. The van der Waals surface area contributed by atoms with Crippen molar-refractivity contribution in [3.63, 3.8) is 0 Å². The summed E-state index contributed by atoms with van der Waals surface area (Å²) in [5.41, 5.74) is 3.13. The minimum absolute atomic E-state index is 0.0759. The number of anilines is 2. The number of fused-ring (bicyclic) bond motifs is 1. The number of ether oxygens (including phenoxy) is 1. The molecule has 1 aliphatic carbocycles. The van der Waals surface area contributed by atoms with Crippen LogP contribution in [0.3, 0.4) is 0 Å². The molecule has 9 heteroatoms. The van der Waals surface area contributed by atoms with Gasteiger partial charge in [0.05, 0.1) is 6.54 Å². The number of carbonyl (C=O) groups is 1. The topological polar surface area (TPSA) is 83.5 Å². The average molecular weight is 491 g/mol. The molecule has 1 saturated heterocycles. The summed E-state index contributed by atoms with van der Waals surface area (Å²) >= 11 is 0. The number of rotatable bonds is 9. The number of benzene rings is 1. The highest BCUT2D eigenvalue weighted by Gasteiger charge is 2.23. The van der Waals surface area contributed by atoms with Gasteiger partial charge in [-0.3, -0.25) is 14.7 Å². The highest BCUT2D eigenvalue weighted by atomic mass is 19.1. The Morgan fingerprint density at radius 1 is 1.14 bits per heavy atom. The summed E-state index contributed by atoms with van der Waals surface area (Å²) in [7, 11) is 1.83. The molecule has 1 fully saturated rings. The maximum absolute atomic E-state index is 13.5. The van der Waals surface area contributed by atoms with Gasteiger partial charge in [0, 0.05) is 42.8 Å². The third-order valence-electron chi connectivity index (χ3n) is 6.60. The van der Waals surface area contributed by atoms with Crippen LogP contribution in [0, 0.1) is 5.82 Å². The molecule has 0 atom stereocenters. The molecule has 1 aromatic carbocycles. The number of likely N-dealkylation sites (N-methyl/N-ethyl adjacent to an activating group) is 1. The largest absolute Gasteiger partial charge is 0.492 e. The van der Waals surface area contributed by atoms with Crippen molar-refractivity contribution < 1.29 is 13.9 Å². The van der Waals surface area contributed by atoms with E-state index in [4.69, 9.17) is 14.7 Å². The van der Waals surface area contributed by atoms with E-state index in [1.165, 1.54) is 25.0 Å². The molecule has 2 aliphatic rings. The maximum Gasteiger partial charge on any atom is 0.243 e. The van der Waals surface area contributed by atoms with Crippen LogP contribution in [0.5, 0.6) is 5.75 Å². The molecule has 3 heterocycles. The van der Waals surface area contributed by atoms with Crippen LogP contribution >= 0.6 is 0 Å². The van der Waals surface area contributed by atoms with Crippen LogP contribution in [0.1, 0.15) is 30.5 Å². The van der Waals surface area contributed by atoms with E-state index in [1.54, 1.807) is 18.3 Å². The van der Waals surface area contributed by atoms with Gasteiger partial charge in [-0.05, 0) is 69.5 Å². The van der Waals surface area contributed by atoms with E-state index < -0.39 is 5.82 Å². The van der Waals surface area contributed by atoms with Gasteiger partial charge in [0.2, 0.25) is 5.91 Å². The van der Waals surface area contributed by atoms with Crippen LogP contribution in [0.15, 0.2) is 42.6 Å². The Hall–Kier alpha value is -3.59. The zero-order valence-corrected chi connectivity index (χ0v) is 20.5. The van der Waals surface area contributed by atoms with Crippen LogP contribution in [-0.2, 0) is 17.6 Å². The van der Waals surface area contributed by atoms with Crippen molar-refractivity contribution in [1.29, 1.82) is 0 Å². The Bertz CT molecular complexity index is 1230. The summed E-state index contributed by atoms with van der Waals surface area (Å²) in [5.74, 6) is 1.35. The number of aryl methyl sites for hydroxylation is 1. The summed E-state index contributed by atoms with van der Waals surface area (Å²) in [4.78, 5) is 31.0. The monoisotopic (exact) mass is 490 g/mol. The second-order valence-corrected chi connectivity index (χ2v) is 9.34. The van der Waals surface area contributed by atoms with Crippen LogP contribution in [-0.4, -0.2) is 65.6 Å². The fraction of sp³-hybridized carbons (Fsp3) is 0.407. The van der Waals surface area contributed by atoms with Crippen molar-refractivity contribution in [2.24, 2.45) is 0 Å². The molecule has 1 aliphatic heterocycles. The summed E-state index contributed by atoms with van der Waals surface area (Å²) in [6.07, 6.45) is 6.97. The predicted octanol–water partition coefficient (Wildman–Crippen LogP) is 3.72. The molecule has 2 aromatic heterocycles. The third-order valence-corrected chi connectivity index (χ3v) is 6.60. The first kappa shape index (κ1) is 24.1. The van der Waals surface area contributed by atoms with Crippen LogP contribution in [0.4, 0.5) is 15.9 Å². The molecule has 3 aromatic rings. The van der Waals surface area contributed by atoms with Crippen molar-refractivity contribution >= 4 is 17.4 Å². The number of carbonyl (C=O) groups excluding carboxylic acids is 1. The highest BCUT2D eigenvalue weighted by Crippen LogP contribution is 2.31. The van der Waals surface area contributed by atoms with Gasteiger partial charge in [0.1, 0.15) is 29.7 Å². The maximum atomic E-state index is 13.5. The lowest BCUT2D eigenvalue weighted by molar-refractivity contribution is -0.114. The predicted molar refractivity (Wildman–Crippen MR) is 137 cm³/mol. The zero-order chi connectivity index (χ0) is 24.9. The molecule has 5 rings (SSSR count). The number of halogens is 1. The van der Waals surface area contributed by atoms with Gasteiger partial charge >= 0.3 is 0 Å². The van der Waals surface area contributed by atoms with E-state index in [0.717, 1.165) is 61.7 Å². The van der Waals surface area contributed by atoms with Gasteiger partial charge in [-0.25, -0.2) is 14.4 Å². The van der Waals surface area contributed by atoms with Crippen molar-refractivity contribution in [3.8, 4) is 17.3 Å². The minimum Gasteiger partial charge on any atom is -0.492 e. The first-order valence-corrected chi connectivity index (χ1v) is 12.5. The van der Waals surface area contributed by atoms with E-state index in [9.17, 15) is 9.18 Å². The minimum atomic E-state index is -0.394. The Balaban J connectivity index is 1.30. The number of nitrogens with zero attached hydrogens (tertiary/aromatic N) is 5. The number of likely N-dealkylation sites (tertiary alicyclic amines) is 1. The van der Waals surface area contributed by atoms with Gasteiger partial charge in [-0.2, -0.15) is 0 Å². The van der Waals surface area contributed by atoms with Crippen molar-refractivity contribution in [2.75, 3.05) is 50.1 Å². The van der Waals surface area contributed by atoms with Gasteiger partial charge in [-0.15, -0.1) is 0 Å². The van der Waals surface area contributed by atoms with E-state index >= 15 is 0 Å². The first-order valence-electron chi connectivity index (χ1n) is 12.5. The molecule has 8 nitrogen and oxygen atoms in total. The summed E-state index contributed by atoms with van der Waals surface area (Å²) in [6.45, 7) is 3.91. The van der Waals surface area contributed by atoms with E-state index in [0.29, 0.717) is 23.8 Å². The number of hydrogen-bond acceptors (Lipinski definition) is 7. The Labute approximate surface area is 210 Å². The zero-order valence-electron chi connectivity index (χ0n) is 20.5. The highest BCUT2D eigenvalue weighted by molar-refractivity contribution is 5.94. The van der Waals surface area contributed by atoms with E-state index in [2.05, 4.69) is 15.2 Å². The lowest BCUT2D eigenvalue weighted by Crippen LogP contribution is -2.31. The SMILES string of the molecule is CN(CC(=O)Nc1cccc(F)c1)c1nc(-c2cc(OCCN3CCCC3)ccn2)nc2c1CCC2. The standard InChI is InChI=1S/C27H31FN6O2/c1-33(18-25(35)30-20-7-4-6-19(28)16-20)27-22-8-5-9-23(22)31-26(32-27)24-17-21(10-11-29-24)36-15-14-34-12-2-3-13-34/h4,6-7,10-11,16-17H,2-3,5,8-9,12-15,18H2,1H3,(H,30,35). The lowest BCUT2D eigenvalue weighted by Gasteiger charge is -2.21. The van der Waals surface area contributed by atoms with Gasteiger partial charge in [0.15, 0.2) is 5.82 Å². The molecule has 1 amide bonds.